The van der Waals surface area contributed by atoms with Crippen LogP contribution in [0.25, 0.3) is 0 Å². The lowest BCUT2D eigenvalue weighted by Gasteiger charge is -2.44. The van der Waals surface area contributed by atoms with Gasteiger partial charge in [-0.15, -0.1) is 0 Å². The molecular weight excluding hydrogens is 222 g/mol. The van der Waals surface area contributed by atoms with E-state index in [1.807, 2.05) is 7.11 Å². The van der Waals surface area contributed by atoms with Gasteiger partial charge in [0.25, 0.3) is 0 Å². The van der Waals surface area contributed by atoms with E-state index in [0.717, 1.165) is 12.5 Å². The predicted octanol–water partition coefficient (Wildman–Crippen LogP) is 4.00. The average Bonchev–Trinajstić information content (AvgIpc) is 2.25. The molecule has 1 rings (SSSR count). The van der Waals surface area contributed by atoms with Gasteiger partial charge in [0.05, 0.1) is 5.60 Å². The van der Waals surface area contributed by atoms with Gasteiger partial charge in [0, 0.05) is 19.2 Å². The van der Waals surface area contributed by atoms with Crippen LogP contribution in [0.5, 0.6) is 0 Å². The summed E-state index contributed by atoms with van der Waals surface area (Å²) in [6, 6.07) is 0. The van der Waals surface area contributed by atoms with Crippen LogP contribution in [0.2, 0.25) is 0 Å². The summed E-state index contributed by atoms with van der Waals surface area (Å²) < 4.78 is 5.87. The molecule has 2 heteroatoms. The van der Waals surface area contributed by atoms with Crippen LogP contribution >= 0.6 is 0 Å². The minimum Gasteiger partial charge on any atom is -0.377 e. The van der Waals surface area contributed by atoms with Gasteiger partial charge in [0.1, 0.15) is 0 Å². The van der Waals surface area contributed by atoms with Gasteiger partial charge in [-0.1, -0.05) is 20.8 Å². The van der Waals surface area contributed by atoms with E-state index in [-0.39, 0.29) is 11.1 Å². The third kappa shape index (κ3) is 4.55. The number of hydrogen-bond donors (Lipinski definition) is 1. The molecule has 1 aliphatic rings. The Morgan fingerprint density at radius 2 is 1.56 bits per heavy atom. The summed E-state index contributed by atoms with van der Waals surface area (Å²) in [7, 11) is 1.88. The minimum absolute atomic E-state index is 0.0645. The highest BCUT2D eigenvalue weighted by Crippen LogP contribution is 2.42. The van der Waals surface area contributed by atoms with Gasteiger partial charge in [-0.05, 0) is 57.8 Å². The molecule has 108 valence electrons. The van der Waals surface area contributed by atoms with Gasteiger partial charge >= 0.3 is 0 Å². The summed E-state index contributed by atoms with van der Waals surface area (Å²) >= 11 is 0. The van der Waals surface area contributed by atoms with Crippen molar-refractivity contribution in [3.63, 3.8) is 0 Å². The molecule has 1 fully saturated rings. The highest BCUT2D eigenvalue weighted by Gasteiger charge is 2.39. The Morgan fingerprint density at radius 3 is 1.89 bits per heavy atom. The first-order chi connectivity index (χ1) is 8.08. The summed E-state index contributed by atoms with van der Waals surface area (Å²) in [4.78, 5) is 0. The number of nitrogens with one attached hydrogen (secondary N) is 1. The second kappa shape index (κ2) is 5.50. The molecule has 0 aromatic heterocycles. The van der Waals surface area contributed by atoms with E-state index in [0.29, 0.717) is 5.41 Å². The van der Waals surface area contributed by atoms with Crippen LogP contribution in [0.1, 0.15) is 67.2 Å². The smallest absolute Gasteiger partial charge is 0.0802 e. The van der Waals surface area contributed by atoms with Gasteiger partial charge in [0.2, 0.25) is 0 Å². The van der Waals surface area contributed by atoms with Crippen LogP contribution in [0.4, 0.5) is 0 Å². The lowest BCUT2D eigenvalue weighted by molar-refractivity contribution is -0.0610. The SMILES string of the molecule is COC1(CNC(C)(C)C)CCC(C(C)(C)C)CC1. The molecule has 0 unspecified atom stereocenters. The quantitative estimate of drug-likeness (QED) is 0.823. The first-order valence-electron chi connectivity index (χ1n) is 7.38. The highest BCUT2D eigenvalue weighted by molar-refractivity contribution is 4.93. The molecular formula is C16H33NO. The summed E-state index contributed by atoms with van der Waals surface area (Å²) in [6.07, 6.45) is 4.97. The van der Waals surface area contributed by atoms with Crippen LogP contribution in [0, 0.1) is 11.3 Å². The number of hydrogen-bond acceptors (Lipinski definition) is 2. The van der Waals surface area contributed by atoms with Crippen LogP contribution in [0.15, 0.2) is 0 Å². The van der Waals surface area contributed by atoms with Gasteiger partial charge < -0.3 is 10.1 Å². The molecule has 1 aliphatic carbocycles. The van der Waals surface area contributed by atoms with E-state index in [1.165, 1.54) is 25.7 Å². The van der Waals surface area contributed by atoms with Crippen molar-refractivity contribution < 1.29 is 4.74 Å². The molecule has 0 bridgehead atoms. The van der Waals surface area contributed by atoms with Crippen molar-refractivity contribution in [1.82, 2.24) is 5.32 Å². The van der Waals surface area contributed by atoms with Crippen LogP contribution in [-0.4, -0.2) is 24.8 Å². The van der Waals surface area contributed by atoms with Gasteiger partial charge in [-0.25, -0.2) is 0 Å². The fraction of sp³-hybridized carbons (Fsp3) is 1.00. The van der Waals surface area contributed by atoms with Crippen LogP contribution < -0.4 is 5.32 Å². The molecule has 1 N–H and O–H groups in total. The monoisotopic (exact) mass is 255 g/mol. The molecule has 0 aliphatic heterocycles. The third-order valence-corrected chi connectivity index (χ3v) is 4.50. The predicted molar refractivity (Wildman–Crippen MR) is 78.9 cm³/mol. The van der Waals surface area contributed by atoms with Crippen molar-refractivity contribution in [3.8, 4) is 0 Å². The molecule has 1 saturated carbocycles. The second-order valence-electron chi connectivity index (χ2n) is 8.13. The Hall–Kier alpha value is -0.0800. The van der Waals surface area contributed by atoms with E-state index >= 15 is 0 Å². The third-order valence-electron chi connectivity index (χ3n) is 4.50. The number of ether oxygens (including phenoxy) is 1. The maximum atomic E-state index is 5.87. The first kappa shape index (κ1) is 16.0. The molecule has 0 radical (unpaired) electrons. The molecule has 0 aromatic carbocycles. The molecule has 0 heterocycles. The van der Waals surface area contributed by atoms with Gasteiger partial charge in [-0.3, -0.25) is 0 Å². The fourth-order valence-corrected chi connectivity index (χ4v) is 2.89. The Labute approximate surface area is 114 Å². The maximum absolute atomic E-state index is 5.87. The standard InChI is InChI=1S/C16H33NO/c1-14(2,3)13-8-10-16(18-7,11-9-13)12-17-15(4,5)6/h13,17H,8-12H2,1-7H3. The Balaban J connectivity index is 2.55. The van der Waals surface area contributed by atoms with Crippen LogP contribution in [-0.2, 0) is 4.74 Å². The number of rotatable bonds is 3. The van der Waals surface area contributed by atoms with Crippen LogP contribution in [0.3, 0.4) is 0 Å². The first-order valence-corrected chi connectivity index (χ1v) is 7.38. The van der Waals surface area contributed by atoms with Crippen molar-refractivity contribution >= 4 is 0 Å². The molecule has 0 saturated heterocycles. The van der Waals surface area contributed by atoms with Crippen molar-refractivity contribution in [2.45, 2.75) is 78.4 Å². The summed E-state index contributed by atoms with van der Waals surface area (Å²) in [5, 5.41) is 3.61. The molecule has 2 nitrogen and oxygen atoms in total. The summed E-state index contributed by atoms with van der Waals surface area (Å²) in [5.41, 5.74) is 0.679. The molecule has 0 aromatic rings. The summed E-state index contributed by atoms with van der Waals surface area (Å²) in [6.45, 7) is 14.7. The molecule has 18 heavy (non-hydrogen) atoms. The summed E-state index contributed by atoms with van der Waals surface area (Å²) in [5.74, 6) is 0.843. The van der Waals surface area contributed by atoms with Crippen molar-refractivity contribution in [3.05, 3.63) is 0 Å². The van der Waals surface area contributed by atoms with E-state index in [1.54, 1.807) is 0 Å². The zero-order valence-corrected chi connectivity index (χ0v) is 13.5. The Kier molecular flexibility index (Phi) is 4.88. The Morgan fingerprint density at radius 1 is 1.06 bits per heavy atom. The highest BCUT2D eigenvalue weighted by atomic mass is 16.5. The lowest BCUT2D eigenvalue weighted by Crippen LogP contribution is -2.51. The molecule has 0 amide bonds. The fourth-order valence-electron chi connectivity index (χ4n) is 2.89. The maximum Gasteiger partial charge on any atom is 0.0802 e. The second-order valence-corrected chi connectivity index (χ2v) is 8.13. The topological polar surface area (TPSA) is 21.3 Å². The molecule has 0 atom stereocenters. The largest absolute Gasteiger partial charge is 0.377 e. The zero-order chi connectivity index (χ0) is 14.0. The minimum atomic E-state index is 0.0645. The number of methoxy groups -OCH3 is 1. The van der Waals surface area contributed by atoms with Crippen molar-refractivity contribution in [1.29, 1.82) is 0 Å². The van der Waals surface area contributed by atoms with E-state index in [4.69, 9.17) is 4.74 Å². The lowest BCUT2D eigenvalue weighted by atomic mass is 9.68. The van der Waals surface area contributed by atoms with E-state index < -0.39 is 0 Å². The van der Waals surface area contributed by atoms with E-state index in [9.17, 15) is 0 Å². The van der Waals surface area contributed by atoms with Crippen molar-refractivity contribution in [2.24, 2.45) is 11.3 Å². The normalized spacial score (nSPS) is 30.5. The van der Waals surface area contributed by atoms with Crippen molar-refractivity contribution in [2.75, 3.05) is 13.7 Å². The zero-order valence-electron chi connectivity index (χ0n) is 13.5. The van der Waals surface area contributed by atoms with Gasteiger partial charge in [-0.2, -0.15) is 0 Å². The van der Waals surface area contributed by atoms with E-state index in [2.05, 4.69) is 46.9 Å². The molecule has 0 spiro atoms. The average molecular weight is 255 g/mol. The Bertz CT molecular complexity index is 251. The van der Waals surface area contributed by atoms with Gasteiger partial charge in [0.15, 0.2) is 0 Å².